The highest BCUT2D eigenvalue weighted by Crippen LogP contribution is 2.40. The molecule has 1 aromatic heterocycles. The maximum atomic E-state index is 14.2. The Morgan fingerprint density at radius 1 is 0.906 bits per heavy atom. The number of methoxy groups -OCH3 is 1. The summed E-state index contributed by atoms with van der Waals surface area (Å²) in [5.74, 6) is -1.55. The fourth-order valence-corrected chi connectivity index (χ4v) is 3.30. The summed E-state index contributed by atoms with van der Waals surface area (Å²) in [6.07, 6.45) is -4.59. The van der Waals surface area contributed by atoms with Crippen LogP contribution in [-0.4, -0.2) is 18.2 Å². The van der Waals surface area contributed by atoms with Crippen LogP contribution in [0.2, 0.25) is 0 Å². The third kappa shape index (κ3) is 4.12. The topological polar surface area (TPSA) is 52.3 Å². The molecule has 4 aromatic rings. The molecule has 0 aliphatic carbocycles. The monoisotopic (exact) mass is 441 g/mol. The Morgan fingerprint density at radius 2 is 1.62 bits per heavy atom. The molecule has 0 N–H and O–H groups in total. The van der Waals surface area contributed by atoms with E-state index < -0.39 is 23.5 Å². The molecule has 0 amide bonds. The number of rotatable bonds is 4. The average molecular weight is 441 g/mol. The van der Waals surface area contributed by atoms with E-state index in [0.717, 1.165) is 19.2 Å². The molecule has 0 aliphatic rings. The summed E-state index contributed by atoms with van der Waals surface area (Å²) in [4.78, 5) is 11.5. The summed E-state index contributed by atoms with van der Waals surface area (Å²) < 4.78 is 65.2. The Balaban J connectivity index is 1.72. The van der Waals surface area contributed by atoms with Gasteiger partial charge in [0.15, 0.2) is 5.76 Å². The van der Waals surface area contributed by atoms with Crippen LogP contribution in [0, 0.1) is 5.82 Å². The van der Waals surface area contributed by atoms with E-state index >= 15 is 0 Å². The van der Waals surface area contributed by atoms with Crippen molar-refractivity contribution in [3.8, 4) is 33.7 Å². The second-order valence-electron chi connectivity index (χ2n) is 6.89. The first kappa shape index (κ1) is 21.3. The van der Waals surface area contributed by atoms with Crippen LogP contribution < -0.4 is 0 Å². The Hall–Kier alpha value is -3.94. The van der Waals surface area contributed by atoms with Gasteiger partial charge in [0.1, 0.15) is 11.5 Å². The van der Waals surface area contributed by atoms with Gasteiger partial charge in [0, 0.05) is 17.2 Å². The maximum absolute atomic E-state index is 14.2. The summed E-state index contributed by atoms with van der Waals surface area (Å²) >= 11 is 0. The van der Waals surface area contributed by atoms with Crippen molar-refractivity contribution < 1.29 is 31.6 Å². The third-order valence-electron chi connectivity index (χ3n) is 4.87. The molecule has 0 atom stereocenters. The number of alkyl halides is 3. The predicted molar refractivity (Wildman–Crippen MR) is 109 cm³/mol. The van der Waals surface area contributed by atoms with E-state index in [4.69, 9.17) is 4.52 Å². The molecule has 4 nitrogen and oxygen atoms in total. The second kappa shape index (κ2) is 8.30. The number of carbonyl (C=O) groups is 1. The van der Waals surface area contributed by atoms with Gasteiger partial charge in [0.25, 0.3) is 0 Å². The van der Waals surface area contributed by atoms with Crippen molar-refractivity contribution >= 4 is 5.97 Å². The number of carbonyl (C=O) groups excluding carboxylic acids is 1. The van der Waals surface area contributed by atoms with Gasteiger partial charge in [-0.05, 0) is 29.3 Å². The van der Waals surface area contributed by atoms with Crippen LogP contribution >= 0.6 is 0 Å². The van der Waals surface area contributed by atoms with E-state index in [1.165, 1.54) is 30.3 Å². The fraction of sp³-hybridized carbons (Fsp3) is 0.0833. The molecule has 0 aliphatic heterocycles. The zero-order valence-electron chi connectivity index (χ0n) is 16.6. The second-order valence-corrected chi connectivity index (χ2v) is 6.89. The third-order valence-corrected chi connectivity index (χ3v) is 4.87. The van der Waals surface area contributed by atoms with Crippen molar-refractivity contribution in [3.05, 3.63) is 89.7 Å². The number of hydrogen-bond acceptors (Lipinski definition) is 4. The molecule has 0 saturated carbocycles. The summed E-state index contributed by atoms with van der Waals surface area (Å²) in [5.41, 5.74) is 0.0901. The molecule has 32 heavy (non-hydrogen) atoms. The SMILES string of the molecule is COC(=O)c1ccc(-c2cc(-c3ccc(-c4ccccc4)c(C(F)(F)F)c3)on2)cc1F. The quantitative estimate of drug-likeness (QED) is 0.264. The number of esters is 1. The lowest BCUT2D eigenvalue weighted by Gasteiger charge is -2.14. The first-order valence-electron chi connectivity index (χ1n) is 9.40. The summed E-state index contributed by atoms with van der Waals surface area (Å²) in [6, 6.07) is 17.3. The van der Waals surface area contributed by atoms with Crippen LogP contribution in [0.15, 0.2) is 77.3 Å². The summed E-state index contributed by atoms with van der Waals surface area (Å²) in [6.45, 7) is 0. The number of benzene rings is 3. The number of ether oxygens (including phenoxy) is 1. The minimum absolute atomic E-state index is 0.0436. The van der Waals surface area contributed by atoms with Gasteiger partial charge in [-0.25, -0.2) is 9.18 Å². The van der Waals surface area contributed by atoms with E-state index in [9.17, 15) is 22.4 Å². The van der Waals surface area contributed by atoms with Gasteiger partial charge in [0.2, 0.25) is 0 Å². The molecule has 1 heterocycles. The van der Waals surface area contributed by atoms with E-state index in [1.54, 1.807) is 30.3 Å². The van der Waals surface area contributed by atoms with Crippen molar-refractivity contribution in [2.24, 2.45) is 0 Å². The summed E-state index contributed by atoms with van der Waals surface area (Å²) in [5, 5.41) is 3.83. The van der Waals surface area contributed by atoms with Crippen molar-refractivity contribution in [1.82, 2.24) is 5.16 Å². The minimum atomic E-state index is -4.59. The van der Waals surface area contributed by atoms with Crippen molar-refractivity contribution in [3.63, 3.8) is 0 Å². The molecule has 0 bridgehead atoms. The van der Waals surface area contributed by atoms with Gasteiger partial charge >= 0.3 is 12.1 Å². The fourth-order valence-electron chi connectivity index (χ4n) is 3.30. The largest absolute Gasteiger partial charge is 0.465 e. The van der Waals surface area contributed by atoms with Gasteiger partial charge in [-0.1, -0.05) is 53.7 Å². The number of aromatic nitrogens is 1. The van der Waals surface area contributed by atoms with Crippen LogP contribution in [0.25, 0.3) is 33.7 Å². The van der Waals surface area contributed by atoms with E-state index in [-0.39, 0.29) is 28.1 Å². The average Bonchev–Trinajstić information content (AvgIpc) is 3.28. The molecular weight excluding hydrogens is 426 g/mol. The van der Waals surface area contributed by atoms with Gasteiger partial charge in [-0.15, -0.1) is 0 Å². The molecule has 0 unspecified atom stereocenters. The molecule has 3 aromatic carbocycles. The smallest absolute Gasteiger partial charge is 0.417 e. The highest BCUT2D eigenvalue weighted by atomic mass is 19.4. The summed E-state index contributed by atoms with van der Waals surface area (Å²) in [7, 11) is 1.14. The lowest BCUT2D eigenvalue weighted by molar-refractivity contribution is -0.137. The Bertz CT molecular complexity index is 1280. The van der Waals surface area contributed by atoms with E-state index in [1.807, 2.05) is 0 Å². The molecule has 162 valence electrons. The lowest BCUT2D eigenvalue weighted by atomic mass is 9.96. The Labute approximate surface area is 180 Å². The molecule has 0 saturated heterocycles. The van der Waals surface area contributed by atoms with Gasteiger partial charge in [-0.2, -0.15) is 13.2 Å². The molecular formula is C24H15F4NO3. The maximum Gasteiger partial charge on any atom is 0.417 e. The molecule has 0 fully saturated rings. The van der Waals surface area contributed by atoms with Crippen molar-refractivity contribution in [2.75, 3.05) is 7.11 Å². The normalized spacial score (nSPS) is 11.4. The van der Waals surface area contributed by atoms with E-state index in [2.05, 4.69) is 9.89 Å². The Morgan fingerprint density at radius 3 is 2.28 bits per heavy atom. The predicted octanol–water partition coefficient (Wildman–Crippen LogP) is 6.62. The van der Waals surface area contributed by atoms with E-state index in [0.29, 0.717) is 11.1 Å². The molecule has 4 rings (SSSR count). The molecule has 8 heteroatoms. The molecule has 0 spiro atoms. The van der Waals surface area contributed by atoms with Crippen molar-refractivity contribution in [1.29, 1.82) is 0 Å². The standard InChI is InChI=1S/C24H15F4NO3/c1-31-23(30)18-10-7-15(12-20(18)25)21-13-22(32-29-21)16-8-9-17(14-5-3-2-4-6-14)19(11-16)24(26,27)28/h2-13H,1H3. The highest BCUT2D eigenvalue weighted by molar-refractivity contribution is 5.90. The lowest BCUT2D eigenvalue weighted by Crippen LogP contribution is -2.07. The van der Waals surface area contributed by atoms with Crippen LogP contribution in [-0.2, 0) is 10.9 Å². The van der Waals surface area contributed by atoms with Crippen molar-refractivity contribution in [2.45, 2.75) is 6.18 Å². The first-order valence-corrected chi connectivity index (χ1v) is 9.40. The number of hydrogen-bond donors (Lipinski definition) is 0. The van der Waals surface area contributed by atoms with Crippen LogP contribution in [0.4, 0.5) is 17.6 Å². The van der Waals surface area contributed by atoms with Crippen LogP contribution in [0.3, 0.4) is 0 Å². The van der Waals surface area contributed by atoms with Crippen LogP contribution in [0.5, 0.6) is 0 Å². The highest BCUT2D eigenvalue weighted by Gasteiger charge is 2.34. The minimum Gasteiger partial charge on any atom is -0.465 e. The zero-order valence-corrected chi connectivity index (χ0v) is 16.6. The van der Waals surface area contributed by atoms with Crippen LogP contribution in [0.1, 0.15) is 15.9 Å². The first-order chi connectivity index (χ1) is 15.3. The molecule has 0 radical (unpaired) electrons. The van der Waals surface area contributed by atoms with Gasteiger partial charge in [-0.3, -0.25) is 0 Å². The zero-order chi connectivity index (χ0) is 22.9. The van der Waals surface area contributed by atoms with Gasteiger partial charge in [0.05, 0.1) is 18.2 Å². The van der Waals surface area contributed by atoms with Gasteiger partial charge < -0.3 is 9.26 Å². The number of halogens is 4. The Kier molecular flexibility index (Phi) is 5.52. The number of nitrogens with zero attached hydrogens (tertiary/aromatic N) is 1.